The summed E-state index contributed by atoms with van der Waals surface area (Å²) in [4.78, 5) is 12.3. The van der Waals surface area contributed by atoms with Gasteiger partial charge in [-0.25, -0.2) is 0 Å². The number of rotatable bonds is 4. The summed E-state index contributed by atoms with van der Waals surface area (Å²) in [5.74, 6) is 1.12. The van der Waals surface area contributed by atoms with Crippen molar-refractivity contribution in [3.8, 4) is 11.4 Å². The van der Waals surface area contributed by atoms with Gasteiger partial charge in [-0.2, -0.15) is 0 Å². The van der Waals surface area contributed by atoms with Crippen molar-refractivity contribution in [2.75, 3.05) is 6.54 Å². The predicted molar refractivity (Wildman–Crippen MR) is 93.5 cm³/mol. The molecule has 1 fully saturated rings. The van der Waals surface area contributed by atoms with Crippen LogP contribution < -0.4 is 5.32 Å². The van der Waals surface area contributed by atoms with E-state index in [-0.39, 0.29) is 5.91 Å². The van der Waals surface area contributed by atoms with Crippen molar-refractivity contribution in [1.29, 1.82) is 0 Å². The number of carbonyl (C=O) groups is 1. The molecule has 2 heterocycles. The summed E-state index contributed by atoms with van der Waals surface area (Å²) in [6.45, 7) is 0.731. The molecule has 1 aromatic carbocycles. The smallest absolute Gasteiger partial charge is 0.252 e. The zero-order valence-corrected chi connectivity index (χ0v) is 14.2. The number of carbonyl (C=O) groups excluding carboxylic acids is 1. The Bertz CT molecular complexity index is 933. The Hall–Kier alpha value is -2.11. The Kier molecular flexibility index (Phi) is 3.90. The number of pyridine rings is 1. The number of fused-ring (bicyclic) bond motifs is 1. The number of nitrogens with one attached hydrogen (secondary N) is 1. The normalized spacial score (nSPS) is 14.1. The van der Waals surface area contributed by atoms with E-state index in [4.69, 9.17) is 23.2 Å². The van der Waals surface area contributed by atoms with Crippen molar-refractivity contribution in [1.82, 2.24) is 19.9 Å². The fourth-order valence-corrected chi connectivity index (χ4v) is 3.03. The van der Waals surface area contributed by atoms with Gasteiger partial charge in [0.15, 0.2) is 11.5 Å². The maximum absolute atomic E-state index is 12.3. The molecule has 1 amide bonds. The van der Waals surface area contributed by atoms with Gasteiger partial charge < -0.3 is 5.32 Å². The summed E-state index contributed by atoms with van der Waals surface area (Å²) in [5, 5.41) is 12.3. The third-order valence-electron chi connectivity index (χ3n) is 4.08. The fraction of sp³-hybridized carbons (Fsp3) is 0.235. The molecule has 0 radical (unpaired) electrons. The number of benzene rings is 1. The number of amides is 1. The van der Waals surface area contributed by atoms with E-state index < -0.39 is 0 Å². The standard InChI is InChI=1S/C17H14Cl2N4O/c18-12-4-5-13(14(19)7-12)16-22-21-15-6-3-11(9-23(15)16)17(24)20-8-10-1-2-10/h3-7,9-10H,1-2,8H2,(H,20,24). The lowest BCUT2D eigenvalue weighted by Gasteiger charge is -2.06. The Morgan fingerprint density at radius 2 is 2.04 bits per heavy atom. The highest BCUT2D eigenvalue weighted by molar-refractivity contribution is 6.36. The number of halogens is 2. The molecule has 0 saturated heterocycles. The summed E-state index contributed by atoms with van der Waals surface area (Å²) in [5.41, 5.74) is 1.92. The lowest BCUT2D eigenvalue weighted by Crippen LogP contribution is -2.25. The van der Waals surface area contributed by atoms with Gasteiger partial charge in [-0.05, 0) is 49.1 Å². The molecule has 1 N–H and O–H groups in total. The Balaban J connectivity index is 1.71. The van der Waals surface area contributed by atoms with Crippen LogP contribution in [0.3, 0.4) is 0 Å². The van der Waals surface area contributed by atoms with Crippen LogP contribution >= 0.6 is 23.2 Å². The van der Waals surface area contributed by atoms with Crippen LogP contribution in [0.5, 0.6) is 0 Å². The number of nitrogens with zero attached hydrogens (tertiary/aromatic N) is 3. The second kappa shape index (κ2) is 6.07. The second-order valence-electron chi connectivity index (χ2n) is 5.95. The molecule has 7 heteroatoms. The first kappa shape index (κ1) is 15.4. The van der Waals surface area contributed by atoms with Gasteiger partial charge in [-0.1, -0.05) is 23.2 Å². The molecule has 0 unspecified atom stereocenters. The van der Waals surface area contributed by atoms with E-state index >= 15 is 0 Å². The van der Waals surface area contributed by atoms with Crippen LogP contribution in [0.2, 0.25) is 10.0 Å². The molecular weight excluding hydrogens is 347 g/mol. The van der Waals surface area contributed by atoms with Gasteiger partial charge >= 0.3 is 0 Å². The highest BCUT2D eigenvalue weighted by Crippen LogP contribution is 2.30. The van der Waals surface area contributed by atoms with E-state index in [9.17, 15) is 4.79 Å². The minimum Gasteiger partial charge on any atom is -0.352 e. The van der Waals surface area contributed by atoms with Gasteiger partial charge in [0.25, 0.3) is 5.91 Å². The lowest BCUT2D eigenvalue weighted by molar-refractivity contribution is 0.0951. The van der Waals surface area contributed by atoms with E-state index in [2.05, 4.69) is 15.5 Å². The van der Waals surface area contributed by atoms with Crippen LogP contribution in [0, 0.1) is 5.92 Å². The van der Waals surface area contributed by atoms with Crippen molar-refractivity contribution in [2.45, 2.75) is 12.8 Å². The van der Waals surface area contributed by atoms with E-state index in [0.717, 1.165) is 6.54 Å². The van der Waals surface area contributed by atoms with Crippen molar-refractivity contribution >= 4 is 34.8 Å². The monoisotopic (exact) mass is 360 g/mol. The van der Waals surface area contributed by atoms with E-state index in [1.54, 1.807) is 40.9 Å². The van der Waals surface area contributed by atoms with Crippen molar-refractivity contribution in [3.05, 3.63) is 52.1 Å². The maximum atomic E-state index is 12.3. The zero-order chi connectivity index (χ0) is 16.7. The second-order valence-corrected chi connectivity index (χ2v) is 6.79. The van der Waals surface area contributed by atoms with E-state index in [1.807, 2.05) is 0 Å². The van der Waals surface area contributed by atoms with Gasteiger partial charge in [0.2, 0.25) is 0 Å². The first-order chi connectivity index (χ1) is 11.6. The van der Waals surface area contributed by atoms with Crippen molar-refractivity contribution in [2.24, 2.45) is 5.92 Å². The minimum absolute atomic E-state index is 0.0920. The number of hydrogen-bond acceptors (Lipinski definition) is 3. The van der Waals surface area contributed by atoms with Crippen LogP contribution in [0.25, 0.3) is 17.0 Å². The van der Waals surface area contributed by atoms with Crippen LogP contribution in [0.15, 0.2) is 36.5 Å². The van der Waals surface area contributed by atoms with Gasteiger partial charge in [-0.15, -0.1) is 10.2 Å². The average molecular weight is 361 g/mol. The molecule has 24 heavy (non-hydrogen) atoms. The minimum atomic E-state index is -0.0920. The lowest BCUT2D eigenvalue weighted by atomic mass is 10.2. The molecule has 2 aromatic heterocycles. The number of hydrogen-bond donors (Lipinski definition) is 1. The molecule has 0 atom stereocenters. The molecule has 1 saturated carbocycles. The van der Waals surface area contributed by atoms with Gasteiger partial charge in [0.1, 0.15) is 0 Å². The average Bonchev–Trinajstić information content (AvgIpc) is 3.31. The Morgan fingerprint density at radius 1 is 1.21 bits per heavy atom. The first-order valence-electron chi connectivity index (χ1n) is 7.70. The molecule has 1 aliphatic carbocycles. The third-order valence-corrected chi connectivity index (χ3v) is 4.63. The van der Waals surface area contributed by atoms with Gasteiger partial charge in [0.05, 0.1) is 10.6 Å². The summed E-state index contributed by atoms with van der Waals surface area (Å²) < 4.78 is 1.77. The summed E-state index contributed by atoms with van der Waals surface area (Å²) in [6, 6.07) is 8.72. The Labute approximate surface area is 148 Å². The summed E-state index contributed by atoms with van der Waals surface area (Å²) in [6.07, 6.45) is 4.13. The quantitative estimate of drug-likeness (QED) is 0.768. The largest absolute Gasteiger partial charge is 0.352 e. The highest BCUT2D eigenvalue weighted by atomic mass is 35.5. The maximum Gasteiger partial charge on any atom is 0.252 e. The van der Waals surface area contributed by atoms with Crippen LogP contribution in [0.4, 0.5) is 0 Å². The third kappa shape index (κ3) is 2.97. The highest BCUT2D eigenvalue weighted by Gasteiger charge is 2.22. The zero-order valence-electron chi connectivity index (χ0n) is 12.7. The van der Waals surface area contributed by atoms with E-state index in [1.165, 1.54) is 12.8 Å². The summed E-state index contributed by atoms with van der Waals surface area (Å²) >= 11 is 12.2. The molecule has 0 spiro atoms. The number of aromatic nitrogens is 3. The molecule has 4 rings (SSSR count). The molecule has 0 bridgehead atoms. The molecule has 1 aliphatic rings. The predicted octanol–water partition coefficient (Wildman–Crippen LogP) is 3.84. The van der Waals surface area contributed by atoms with Crippen molar-refractivity contribution in [3.63, 3.8) is 0 Å². The van der Waals surface area contributed by atoms with Gasteiger partial charge in [-0.3, -0.25) is 9.20 Å². The molecule has 3 aromatic rings. The SMILES string of the molecule is O=C(NCC1CC1)c1ccc2nnc(-c3ccc(Cl)cc3Cl)n2c1. The molecule has 0 aliphatic heterocycles. The fourth-order valence-electron chi connectivity index (χ4n) is 2.54. The van der Waals surface area contributed by atoms with Crippen LogP contribution in [-0.2, 0) is 0 Å². The Morgan fingerprint density at radius 3 is 2.79 bits per heavy atom. The molecular formula is C17H14Cl2N4O. The van der Waals surface area contributed by atoms with Gasteiger partial charge in [0, 0.05) is 23.3 Å². The van der Waals surface area contributed by atoms with Crippen LogP contribution in [-0.4, -0.2) is 27.0 Å². The van der Waals surface area contributed by atoms with E-state index in [0.29, 0.717) is 38.6 Å². The summed E-state index contributed by atoms with van der Waals surface area (Å²) in [7, 11) is 0. The van der Waals surface area contributed by atoms with Crippen molar-refractivity contribution < 1.29 is 4.79 Å². The topological polar surface area (TPSA) is 59.3 Å². The van der Waals surface area contributed by atoms with Crippen LogP contribution in [0.1, 0.15) is 23.2 Å². The molecule has 122 valence electrons. The first-order valence-corrected chi connectivity index (χ1v) is 8.46. The molecule has 5 nitrogen and oxygen atoms in total.